The number of ether oxygens (including phenoxy) is 3. The summed E-state index contributed by atoms with van der Waals surface area (Å²) in [6, 6.07) is 16.2. The van der Waals surface area contributed by atoms with E-state index < -0.39 is 29.3 Å². The lowest BCUT2D eigenvalue weighted by atomic mass is 9.68. The van der Waals surface area contributed by atoms with E-state index in [1.165, 1.54) is 9.80 Å². The van der Waals surface area contributed by atoms with Crippen LogP contribution < -0.4 is 0 Å². The van der Waals surface area contributed by atoms with Gasteiger partial charge in [0.15, 0.2) is 5.54 Å². The Morgan fingerprint density at radius 2 is 1.60 bits per heavy atom. The molecular weight excluding hydrogens is 536 g/mol. The molecule has 0 spiro atoms. The molecule has 0 radical (unpaired) electrons. The molecule has 1 atom stereocenters. The van der Waals surface area contributed by atoms with Crippen LogP contribution in [0.3, 0.4) is 0 Å². The van der Waals surface area contributed by atoms with E-state index in [1.54, 1.807) is 27.9 Å². The van der Waals surface area contributed by atoms with Crippen molar-refractivity contribution in [2.45, 2.75) is 69.9 Å². The van der Waals surface area contributed by atoms with E-state index in [0.29, 0.717) is 19.6 Å². The number of methoxy groups -OCH3 is 1. The van der Waals surface area contributed by atoms with E-state index in [2.05, 4.69) is 12.1 Å². The number of carbonyl (C=O) groups excluding carboxylic acids is 2. The first kappa shape index (κ1) is 29.9. The van der Waals surface area contributed by atoms with Gasteiger partial charge in [-0.05, 0) is 68.7 Å². The smallest absolute Gasteiger partial charge is 0.410 e. The normalized spacial score (nSPS) is 21.1. The zero-order chi connectivity index (χ0) is 30.1. The molecule has 1 heterocycles. The molecule has 2 aromatic carbocycles. The highest BCUT2D eigenvalue weighted by Crippen LogP contribution is 2.46. The van der Waals surface area contributed by atoms with Crippen LogP contribution >= 0.6 is 0 Å². The number of hydrogen-bond acceptors (Lipinski definition) is 6. The predicted octanol–water partition coefficient (Wildman–Crippen LogP) is 5.91. The Morgan fingerprint density at radius 3 is 2.12 bits per heavy atom. The Balaban J connectivity index is 1.44. The largest absolute Gasteiger partial charge is 0.479 e. The highest BCUT2D eigenvalue weighted by Gasteiger charge is 2.54. The van der Waals surface area contributed by atoms with Gasteiger partial charge in [-0.25, -0.2) is 14.4 Å². The molecule has 1 saturated heterocycles. The molecule has 3 aliphatic rings. The molecule has 9 nitrogen and oxygen atoms in total. The molecule has 9 heteroatoms. The molecule has 0 aromatic heterocycles. The summed E-state index contributed by atoms with van der Waals surface area (Å²) in [6.45, 7) is 6.15. The van der Waals surface area contributed by atoms with Crippen molar-refractivity contribution in [3.63, 3.8) is 0 Å². The SMILES string of the molecule is COCC1(CN(C(=O)OCC2c3ccccc3-c3ccccc32)C2(C(=O)O)CCCN(C(=O)OC(C)(C)C)C2)CCC1. The predicted molar refractivity (Wildman–Crippen MR) is 157 cm³/mol. The first-order chi connectivity index (χ1) is 20.0. The fourth-order valence-corrected chi connectivity index (χ4v) is 6.76. The quantitative estimate of drug-likeness (QED) is 0.415. The minimum absolute atomic E-state index is 0.0755. The molecule has 42 heavy (non-hydrogen) atoms. The monoisotopic (exact) mass is 578 g/mol. The summed E-state index contributed by atoms with van der Waals surface area (Å²) in [5.74, 6) is -1.32. The standard InChI is InChI=1S/C33H42N2O7/c1-31(2,3)42-29(38)34-18-10-17-33(21-34,28(36)37)35(20-32(22-40-4)15-9-16-32)30(39)41-19-27-25-13-7-5-11-23(25)24-12-6-8-14-26(24)27/h5-8,11-14,27H,9-10,15-22H2,1-4H3,(H,36,37). The van der Waals surface area contributed by atoms with Crippen molar-refractivity contribution in [3.8, 4) is 11.1 Å². The summed E-state index contributed by atoms with van der Waals surface area (Å²) < 4.78 is 17.2. The fraction of sp³-hybridized carbons (Fsp3) is 0.545. The second-order valence-electron chi connectivity index (χ2n) is 13.0. The van der Waals surface area contributed by atoms with Crippen molar-refractivity contribution in [1.82, 2.24) is 9.80 Å². The molecule has 2 aromatic rings. The number of aliphatic carboxylic acids is 1. The first-order valence-electron chi connectivity index (χ1n) is 14.8. The molecular formula is C33H42N2O7. The van der Waals surface area contributed by atoms with Gasteiger partial charge >= 0.3 is 18.2 Å². The molecule has 5 rings (SSSR count). The number of carboxylic acids is 1. The fourth-order valence-electron chi connectivity index (χ4n) is 6.76. The number of rotatable bonds is 8. The average Bonchev–Trinajstić information content (AvgIpc) is 3.25. The van der Waals surface area contributed by atoms with Crippen LogP contribution in [0.4, 0.5) is 9.59 Å². The number of piperidine rings is 1. The van der Waals surface area contributed by atoms with Gasteiger partial charge < -0.3 is 24.2 Å². The highest BCUT2D eigenvalue weighted by molar-refractivity contribution is 5.86. The van der Waals surface area contributed by atoms with Crippen LogP contribution in [0.1, 0.15) is 69.9 Å². The van der Waals surface area contributed by atoms with Crippen molar-refractivity contribution < 1.29 is 33.7 Å². The third-order valence-corrected chi connectivity index (χ3v) is 8.95. The lowest BCUT2D eigenvalue weighted by Crippen LogP contribution is -2.68. The van der Waals surface area contributed by atoms with Gasteiger partial charge in [-0.2, -0.15) is 0 Å². The third-order valence-electron chi connectivity index (χ3n) is 8.95. The van der Waals surface area contributed by atoms with Gasteiger partial charge in [0, 0.05) is 31.5 Å². The van der Waals surface area contributed by atoms with Gasteiger partial charge in [0.2, 0.25) is 0 Å². The molecule has 1 aliphatic heterocycles. The number of amides is 2. The van der Waals surface area contributed by atoms with Crippen molar-refractivity contribution >= 4 is 18.2 Å². The second-order valence-corrected chi connectivity index (χ2v) is 13.0. The van der Waals surface area contributed by atoms with Crippen molar-refractivity contribution in [1.29, 1.82) is 0 Å². The van der Waals surface area contributed by atoms with Crippen molar-refractivity contribution in [2.24, 2.45) is 5.41 Å². The summed E-state index contributed by atoms with van der Waals surface area (Å²) in [5.41, 5.74) is 1.62. The number of benzene rings is 2. The van der Waals surface area contributed by atoms with Crippen molar-refractivity contribution in [2.75, 3.05) is 40.0 Å². The topological polar surface area (TPSA) is 106 Å². The van der Waals surface area contributed by atoms with E-state index in [-0.39, 0.29) is 37.5 Å². The minimum Gasteiger partial charge on any atom is -0.479 e. The molecule has 1 unspecified atom stereocenters. The van der Waals surface area contributed by atoms with E-state index in [9.17, 15) is 19.5 Å². The maximum atomic E-state index is 14.1. The van der Waals surface area contributed by atoms with Crippen LogP contribution in [0, 0.1) is 5.41 Å². The molecule has 1 saturated carbocycles. The molecule has 0 bridgehead atoms. The van der Waals surface area contributed by atoms with Crippen LogP contribution in [0.5, 0.6) is 0 Å². The Labute approximate surface area is 247 Å². The van der Waals surface area contributed by atoms with Gasteiger partial charge in [0.25, 0.3) is 0 Å². The van der Waals surface area contributed by atoms with Gasteiger partial charge in [0.1, 0.15) is 12.2 Å². The van der Waals surface area contributed by atoms with Crippen LogP contribution in [-0.4, -0.2) is 84.2 Å². The molecule has 226 valence electrons. The zero-order valence-electron chi connectivity index (χ0n) is 25.1. The number of fused-ring (bicyclic) bond motifs is 3. The van der Waals surface area contributed by atoms with Crippen molar-refractivity contribution in [3.05, 3.63) is 59.7 Å². The maximum absolute atomic E-state index is 14.1. The van der Waals surface area contributed by atoms with E-state index in [0.717, 1.165) is 41.5 Å². The van der Waals surface area contributed by atoms with Gasteiger partial charge in [-0.1, -0.05) is 55.0 Å². The van der Waals surface area contributed by atoms with E-state index in [1.807, 2.05) is 36.4 Å². The summed E-state index contributed by atoms with van der Waals surface area (Å²) >= 11 is 0. The average molecular weight is 579 g/mol. The summed E-state index contributed by atoms with van der Waals surface area (Å²) in [6.07, 6.45) is 1.96. The Morgan fingerprint density at radius 1 is 0.976 bits per heavy atom. The summed E-state index contributed by atoms with van der Waals surface area (Å²) in [7, 11) is 1.62. The minimum atomic E-state index is -1.66. The number of likely N-dealkylation sites (tertiary alicyclic amines) is 1. The third kappa shape index (κ3) is 5.71. The molecule has 1 N–H and O–H groups in total. The van der Waals surface area contributed by atoms with Crippen LogP contribution in [0.2, 0.25) is 0 Å². The molecule has 2 amide bonds. The Kier molecular flexibility index (Phi) is 8.25. The lowest BCUT2D eigenvalue weighted by molar-refractivity contribution is -0.157. The number of carbonyl (C=O) groups is 3. The number of nitrogens with zero attached hydrogens (tertiary/aromatic N) is 2. The Bertz CT molecular complexity index is 1290. The van der Waals surface area contributed by atoms with Gasteiger partial charge in [-0.3, -0.25) is 4.90 Å². The van der Waals surface area contributed by atoms with Crippen LogP contribution in [0.15, 0.2) is 48.5 Å². The molecule has 2 fully saturated rings. The maximum Gasteiger partial charge on any atom is 0.410 e. The van der Waals surface area contributed by atoms with Gasteiger partial charge in [-0.15, -0.1) is 0 Å². The van der Waals surface area contributed by atoms with Crippen LogP contribution in [0.25, 0.3) is 11.1 Å². The zero-order valence-corrected chi connectivity index (χ0v) is 25.1. The Hall–Kier alpha value is -3.59. The van der Waals surface area contributed by atoms with E-state index >= 15 is 0 Å². The van der Waals surface area contributed by atoms with Crippen LogP contribution in [-0.2, 0) is 19.0 Å². The molecule has 2 aliphatic carbocycles. The highest BCUT2D eigenvalue weighted by atomic mass is 16.6. The number of carboxylic acid groups (broad SMARTS) is 1. The van der Waals surface area contributed by atoms with E-state index in [4.69, 9.17) is 14.2 Å². The summed E-state index contributed by atoms with van der Waals surface area (Å²) in [4.78, 5) is 43.1. The second kappa shape index (κ2) is 11.6. The summed E-state index contributed by atoms with van der Waals surface area (Å²) in [5, 5.41) is 10.7. The number of hydrogen-bond donors (Lipinski definition) is 1. The first-order valence-corrected chi connectivity index (χ1v) is 14.8. The lowest BCUT2D eigenvalue weighted by Gasteiger charge is -2.51. The van der Waals surface area contributed by atoms with Gasteiger partial charge in [0.05, 0.1) is 13.2 Å².